The van der Waals surface area contributed by atoms with Gasteiger partial charge in [0, 0.05) is 36.7 Å². The number of likely N-dealkylation sites (tertiary alicyclic amines) is 1. The van der Waals surface area contributed by atoms with Gasteiger partial charge in [-0.1, -0.05) is 18.2 Å². The van der Waals surface area contributed by atoms with Crippen molar-refractivity contribution in [3.05, 3.63) is 53.9 Å². The highest BCUT2D eigenvalue weighted by Gasteiger charge is 2.25. The van der Waals surface area contributed by atoms with Crippen LogP contribution in [0, 0.1) is 6.92 Å². The quantitative estimate of drug-likeness (QED) is 0.827. The van der Waals surface area contributed by atoms with Crippen molar-refractivity contribution in [1.29, 1.82) is 0 Å². The first-order valence-corrected chi connectivity index (χ1v) is 9.58. The van der Waals surface area contributed by atoms with Gasteiger partial charge in [0.15, 0.2) is 0 Å². The van der Waals surface area contributed by atoms with Gasteiger partial charge in [0.2, 0.25) is 0 Å². The second-order valence-corrected chi connectivity index (χ2v) is 6.80. The predicted octanol–water partition coefficient (Wildman–Crippen LogP) is 3.48. The second kappa shape index (κ2) is 9.21. The second-order valence-electron chi connectivity index (χ2n) is 6.80. The molecule has 7 nitrogen and oxygen atoms in total. The SMILES string of the molecule is CCOC(=O)N1CCC(NC(=O)c2cc(Nc3ccccc3C)ccn2)CC1. The number of para-hydroxylation sites is 1. The molecule has 7 heteroatoms. The van der Waals surface area contributed by atoms with E-state index < -0.39 is 0 Å². The van der Waals surface area contributed by atoms with Gasteiger partial charge in [0.1, 0.15) is 5.69 Å². The van der Waals surface area contributed by atoms with Crippen LogP contribution >= 0.6 is 0 Å². The van der Waals surface area contributed by atoms with Gasteiger partial charge >= 0.3 is 6.09 Å². The fraction of sp³-hybridized carbons (Fsp3) is 0.381. The van der Waals surface area contributed by atoms with Gasteiger partial charge in [-0.15, -0.1) is 0 Å². The molecule has 148 valence electrons. The molecular formula is C21H26N4O3. The highest BCUT2D eigenvalue weighted by Crippen LogP contribution is 2.20. The van der Waals surface area contributed by atoms with Crippen LogP contribution in [0.5, 0.6) is 0 Å². The summed E-state index contributed by atoms with van der Waals surface area (Å²) in [6, 6.07) is 11.6. The molecule has 1 aromatic heterocycles. The first kappa shape index (κ1) is 19.7. The summed E-state index contributed by atoms with van der Waals surface area (Å²) >= 11 is 0. The Morgan fingerprint density at radius 2 is 1.96 bits per heavy atom. The fourth-order valence-electron chi connectivity index (χ4n) is 3.18. The minimum absolute atomic E-state index is 0.0213. The van der Waals surface area contributed by atoms with Crippen molar-refractivity contribution >= 4 is 23.4 Å². The maximum Gasteiger partial charge on any atom is 0.409 e. The van der Waals surface area contributed by atoms with Crippen molar-refractivity contribution in [3.63, 3.8) is 0 Å². The Hall–Kier alpha value is -3.09. The average Bonchev–Trinajstić information content (AvgIpc) is 2.71. The van der Waals surface area contributed by atoms with Crippen LogP contribution in [0.15, 0.2) is 42.6 Å². The van der Waals surface area contributed by atoms with Crippen LogP contribution in [0.2, 0.25) is 0 Å². The molecule has 3 rings (SSSR count). The summed E-state index contributed by atoms with van der Waals surface area (Å²) in [5.41, 5.74) is 3.29. The summed E-state index contributed by atoms with van der Waals surface area (Å²) in [5.74, 6) is -0.206. The van der Waals surface area contributed by atoms with Gasteiger partial charge in [0.05, 0.1) is 6.61 Å². The van der Waals surface area contributed by atoms with Gasteiger partial charge in [-0.2, -0.15) is 0 Å². The number of aryl methyl sites for hydroxylation is 1. The molecule has 2 amide bonds. The number of aromatic nitrogens is 1. The Morgan fingerprint density at radius 1 is 1.21 bits per heavy atom. The van der Waals surface area contributed by atoms with E-state index in [1.165, 1.54) is 0 Å². The van der Waals surface area contributed by atoms with Crippen molar-refractivity contribution in [2.45, 2.75) is 32.7 Å². The van der Waals surface area contributed by atoms with Crippen LogP contribution < -0.4 is 10.6 Å². The molecule has 0 spiro atoms. The number of amides is 2. The molecule has 2 N–H and O–H groups in total. The molecule has 1 aliphatic rings. The Labute approximate surface area is 165 Å². The van der Waals surface area contributed by atoms with Crippen LogP contribution in [0.1, 0.15) is 35.8 Å². The molecule has 0 atom stereocenters. The maximum atomic E-state index is 12.6. The number of rotatable bonds is 5. The van der Waals surface area contributed by atoms with Crippen molar-refractivity contribution in [1.82, 2.24) is 15.2 Å². The van der Waals surface area contributed by atoms with E-state index in [1.54, 1.807) is 24.1 Å². The van der Waals surface area contributed by atoms with Crippen LogP contribution in [-0.4, -0.2) is 47.6 Å². The van der Waals surface area contributed by atoms with Gasteiger partial charge in [0.25, 0.3) is 5.91 Å². The standard InChI is InChI=1S/C21H26N4O3/c1-3-28-21(27)25-12-9-16(10-13-25)24-20(26)19-14-17(8-11-22-19)23-18-7-5-4-6-15(18)2/h4-8,11,14,16H,3,9-10,12-13H2,1-2H3,(H,22,23)(H,24,26). The molecular weight excluding hydrogens is 356 g/mol. The number of carbonyl (C=O) groups is 2. The third kappa shape index (κ3) is 5.00. The van der Waals surface area contributed by atoms with Crippen molar-refractivity contribution < 1.29 is 14.3 Å². The molecule has 0 bridgehead atoms. The summed E-state index contributed by atoms with van der Waals surface area (Å²) in [4.78, 5) is 30.2. The molecule has 1 aliphatic heterocycles. The number of nitrogens with one attached hydrogen (secondary N) is 2. The van der Waals surface area contributed by atoms with Crippen LogP contribution in [-0.2, 0) is 4.74 Å². The smallest absolute Gasteiger partial charge is 0.409 e. The number of pyridine rings is 1. The van der Waals surface area contributed by atoms with Crippen LogP contribution in [0.3, 0.4) is 0 Å². The maximum absolute atomic E-state index is 12.6. The van der Waals surface area contributed by atoms with Gasteiger partial charge < -0.3 is 20.3 Å². The Bertz CT molecular complexity index is 832. The number of piperidine rings is 1. The van der Waals surface area contributed by atoms with Crippen LogP contribution in [0.4, 0.5) is 16.2 Å². The van der Waals surface area contributed by atoms with Crippen molar-refractivity contribution in [2.75, 3.05) is 25.0 Å². The van der Waals surface area contributed by atoms with Gasteiger partial charge in [-0.25, -0.2) is 4.79 Å². The fourth-order valence-corrected chi connectivity index (χ4v) is 3.18. The highest BCUT2D eigenvalue weighted by atomic mass is 16.6. The van der Waals surface area contributed by atoms with E-state index in [0.717, 1.165) is 16.9 Å². The lowest BCUT2D eigenvalue weighted by Gasteiger charge is -2.31. The van der Waals surface area contributed by atoms with Crippen molar-refractivity contribution in [2.24, 2.45) is 0 Å². The van der Waals surface area contributed by atoms with Gasteiger partial charge in [-0.05, 0) is 50.5 Å². The van der Waals surface area contributed by atoms with E-state index in [1.807, 2.05) is 37.3 Å². The number of ether oxygens (including phenoxy) is 1. The minimum Gasteiger partial charge on any atom is -0.450 e. The van der Waals surface area contributed by atoms with E-state index in [0.29, 0.717) is 38.2 Å². The minimum atomic E-state index is -0.288. The first-order valence-electron chi connectivity index (χ1n) is 9.58. The molecule has 28 heavy (non-hydrogen) atoms. The third-order valence-corrected chi connectivity index (χ3v) is 4.77. The van der Waals surface area contributed by atoms with Gasteiger partial charge in [-0.3, -0.25) is 9.78 Å². The molecule has 1 saturated heterocycles. The van der Waals surface area contributed by atoms with E-state index in [4.69, 9.17) is 4.74 Å². The molecule has 1 aromatic carbocycles. The number of benzene rings is 1. The van der Waals surface area contributed by atoms with E-state index in [2.05, 4.69) is 15.6 Å². The summed E-state index contributed by atoms with van der Waals surface area (Å²) in [6.07, 6.45) is 2.74. The number of anilines is 2. The van der Waals surface area contributed by atoms with Crippen LogP contribution in [0.25, 0.3) is 0 Å². The normalized spacial score (nSPS) is 14.4. The summed E-state index contributed by atoms with van der Waals surface area (Å²) < 4.78 is 5.02. The predicted molar refractivity (Wildman–Crippen MR) is 108 cm³/mol. The number of hydrogen-bond acceptors (Lipinski definition) is 5. The molecule has 0 unspecified atom stereocenters. The zero-order valence-electron chi connectivity index (χ0n) is 16.3. The average molecular weight is 382 g/mol. The number of nitrogens with zero attached hydrogens (tertiary/aromatic N) is 2. The largest absolute Gasteiger partial charge is 0.450 e. The lowest BCUT2D eigenvalue weighted by molar-refractivity contribution is 0.0856. The van der Waals surface area contributed by atoms with E-state index in [-0.39, 0.29) is 18.0 Å². The lowest BCUT2D eigenvalue weighted by atomic mass is 10.1. The Kier molecular flexibility index (Phi) is 6.47. The van der Waals surface area contributed by atoms with E-state index in [9.17, 15) is 9.59 Å². The Morgan fingerprint density at radius 3 is 2.68 bits per heavy atom. The number of hydrogen-bond donors (Lipinski definition) is 2. The monoisotopic (exact) mass is 382 g/mol. The lowest BCUT2D eigenvalue weighted by Crippen LogP contribution is -2.46. The Balaban J connectivity index is 1.57. The molecule has 0 saturated carbocycles. The zero-order valence-corrected chi connectivity index (χ0v) is 16.3. The summed E-state index contributed by atoms with van der Waals surface area (Å²) in [7, 11) is 0. The highest BCUT2D eigenvalue weighted by molar-refractivity contribution is 5.93. The molecule has 0 aliphatic carbocycles. The molecule has 0 radical (unpaired) electrons. The zero-order chi connectivity index (χ0) is 19.9. The first-order chi connectivity index (χ1) is 13.6. The van der Waals surface area contributed by atoms with Crippen molar-refractivity contribution in [3.8, 4) is 0 Å². The summed E-state index contributed by atoms with van der Waals surface area (Å²) in [6.45, 7) is 5.34. The van der Waals surface area contributed by atoms with E-state index >= 15 is 0 Å². The topological polar surface area (TPSA) is 83.6 Å². The molecule has 1 fully saturated rings. The molecule has 2 heterocycles. The summed E-state index contributed by atoms with van der Waals surface area (Å²) in [5, 5.41) is 6.34. The third-order valence-electron chi connectivity index (χ3n) is 4.77. The number of carbonyl (C=O) groups excluding carboxylic acids is 2. The molecule has 2 aromatic rings.